The van der Waals surface area contributed by atoms with Crippen LogP contribution >= 0.6 is 11.6 Å². The lowest BCUT2D eigenvalue weighted by molar-refractivity contribution is -0.118. The Morgan fingerprint density at radius 3 is 2.49 bits per heavy atom. The predicted octanol–water partition coefficient (Wildman–Crippen LogP) is 6.29. The van der Waals surface area contributed by atoms with E-state index in [1.54, 1.807) is 47.3 Å². The number of carbonyl (C=O) groups excluding carboxylic acids is 2. The van der Waals surface area contributed by atoms with E-state index in [0.717, 1.165) is 24.1 Å². The molecule has 0 bridgehead atoms. The highest BCUT2D eigenvalue weighted by atomic mass is 35.5. The largest absolute Gasteiger partial charge is 0.496 e. The zero-order chi connectivity index (χ0) is 29.3. The summed E-state index contributed by atoms with van der Waals surface area (Å²) in [6.07, 6.45) is 10.2. The zero-order valence-electron chi connectivity index (χ0n) is 23.0. The van der Waals surface area contributed by atoms with E-state index in [0.29, 0.717) is 34.1 Å². The molecule has 7 nitrogen and oxygen atoms in total. The van der Waals surface area contributed by atoms with Crippen LogP contribution in [-0.4, -0.2) is 38.7 Å². The van der Waals surface area contributed by atoms with Crippen molar-refractivity contribution in [2.24, 2.45) is 5.92 Å². The number of hydrogen-bond donors (Lipinski definition) is 1. The third kappa shape index (κ3) is 5.52. The number of alkyl halides is 1. The maximum Gasteiger partial charge on any atom is 0.255 e. The topological polar surface area (TPSA) is 86.1 Å². The highest BCUT2D eigenvalue weighted by Crippen LogP contribution is 2.45. The average Bonchev–Trinajstić information content (AvgIpc) is 3.66. The lowest BCUT2D eigenvalue weighted by atomic mass is 9.88. The van der Waals surface area contributed by atoms with Crippen LogP contribution in [0.3, 0.4) is 0 Å². The molecule has 0 aliphatic heterocycles. The summed E-state index contributed by atoms with van der Waals surface area (Å²) in [5.74, 6) is -0.444. The predicted molar refractivity (Wildman–Crippen MR) is 157 cm³/mol. The second-order valence-electron chi connectivity index (χ2n) is 10.2. The summed E-state index contributed by atoms with van der Waals surface area (Å²) in [5.41, 5.74) is 2.82. The highest BCUT2D eigenvalue weighted by Gasteiger charge is 2.47. The Balaban J connectivity index is 1.51. The van der Waals surface area contributed by atoms with Gasteiger partial charge >= 0.3 is 0 Å². The summed E-state index contributed by atoms with van der Waals surface area (Å²) >= 11 is 6.79. The van der Waals surface area contributed by atoms with Gasteiger partial charge in [-0.25, -0.2) is 9.37 Å². The quantitative estimate of drug-likeness (QED) is 0.240. The molecule has 0 spiro atoms. The standard InChI is InChI=1S/C32H30ClFN4O3/c1-5-28-36-29(21-9-11-22(34)12-10-21)30(20(3)39)38(28)18-19(2)23-16-24(26(41-4)17-25(23)33)31(40)37-32(13-14-32)27-8-6-7-15-35-27/h5-12,15-18,23,25H,1,13-14H2,2-4H3,(H,37,40). The molecule has 1 aromatic carbocycles. The molecule has 210 valence electrons. The van der Waals surface area contributed by atoms with Crippen molar-refractivity contribution in [2.75, 3.05) is 7.11 Å². The van der Waals surface area contributed by atoms with Gasteiger partial charge in [0.05, 0.1) is 29.3 Å². The molecule has 2 atom stereocenters. The molecule has 2 unspecified atom stereocenters. The fraction of sp³-hybridized carbons (Fsp3) is 0.250. The van der Waals surface area contributed by atoms with Crippen molar-refractivity contribution in [3.63, 3.8) is 0 Å². The maximum atomic E-state index is 13.6. The molecular formula is C32H30ClFN4O3. The van der Waals surface area contributed by atoms with Gasteiger partial charge in [0.1, 0.15) is 28.8 Å². The molecule has 3 aromatic rings. The van der Waals surface area contributed by atoms with Crippen molar-refractivity contribution in [3.8, 4) is 11.3 Å². The molecule has 1 amide bonds. The van der Waals surface area contributed by atoms with Crippen LogP contribution in [0, 0.1) is 11.7 Å². The van der Waals surface area contributed by atoms with E-state index in [1.165, 1.54) is 26.2 Å². The van der Waals surface area contributed by atoms with Crippen molar-refractivity contribution in [1.29, 1.82) is 0 Å². The minimum atomic E-state index is -0.517. The Hall–Kier alpha value is -4.30. The third-order valence-electron chi connectivity index (χ3n) is 7.42. The second-order valence-corrected chi connectivity index (χ2v) is 10.7. The summed E-state index contributed by atoms with van der Waals surface area (Å²) in [5, 5.41) is 2.64. The van der Waals surface area contributed by atoms with E-state index >= 15 is 0 Å². The van der Waals surface area contributed by atoms with Crippen LogP contribution in [0.25, 0.3) is 23.5 Å². The number of carbonyl (C=O) groups is 2. The second kappa shape index (κ2) is 11.3. The van der Waals surface area contributed by atoms with Gasteiger partial charge in [-0.2, -0.15) is 0 Å². The Morgan fingerprint density at radius 2 is 1.90 bits per heavy atom. The van der Waals surface area contributed by atoms with E-state index in [4.69, 9.17) is 16.3 Å². The van der Waals surface area contributed by atoms with Crippen LogP contribution in [-0.2, 0) is 15.1 Å². The number of ketones is 1. The first-order chi connectivity index (χ1) is 19.7. The fourth-order valence-corrected chi connectivity index (χ4v) is 5.49. The van der Waals surface area contributed by atoms with Crippen LogP contribution in [0.1, 0.15) is 48.7 Å². The minimum Gasteiger partial charge on any atom is -0.496 e. The monoisotopic (exact) mass is 572 g/mol. The van der Waals surface area contributed by atoms with Gasteiger partial charge in [0, 0.05) is 30.8 Å². The van der Waals surface area contributed by atoms with Gasteiger partial charge in [0.2, 0.25) is 0 Å². The molecule has 0 radical (unpaired) electrons. The lowest BCUT2D eigenvalue weighted by Gasteiger charge is -2.27. The van der Waals surface area contributed by atoms with Gasteiger partial charge in [0.25, 0.3) is 5.91 Å². The van der Waals surface area contributed by atoms with Crippen LogP contribution < -0.4 is 5.32 Å². The molecule has 5 rings (SSSR count). The smallest absolute Gasteiger partial charge is 0.255 e. The first kappa shape index (κ1) is 28.2. The maximum absolute atomic E-state index is 13.6. The molecule has 2 aliphatic rings. The zero-order valence-corrected chi connectivity index (χ0v) is 23.8. The first-order valence-electron chi connectivity index (χ1n) is 13.2. The number of nitrogens with one attached hydrogen (secondary N) is 1. The molecule has 2 aliphatic carbocycles. The number of allylic oxidation sites excluding steroid dienone is 3. The highest BCUT2D eigenvalue weighted by molar-refractivity contribution is 6.22. The van der Waals surface area contributed by atoms with E-state index in [1.807, 2.05) is 25.1 Å². The Bertz CT molecular complexity index is 1600. The fourth-order valence-electron chi connectivity index (χ4n) is 5.10. The van der Waals surface area contributed by atoms with Gasteiger partial charge < -0.3 is 10.1 Å². The minimum absolute atomic E-state index is 0.221. The number of halogens is 2. The van der Waals surface area contributed by atoms with Crippen molar-refractivity contribution < 1.29 is 18.7 Å². The van der Waals surface area contributed by atoms with Crippen LogP contribution in [0.2, 0.25) is 0 Å². The number of aromatic nitrogens is 3. The molecule has 9 heteroatoms. The molecule has 2 heterocycles. The molecule has 1 saturated carbocycles. The number of pyridine rings is 1. The van der Waals surface area contributed by atoms with Gasteiger partial charge in [-0.3, -0.25) is 19.1 Å². The van der Waals surface area contributed by atoms with Crippen molar-refractivity contribution in [1.82, 2.24) is 19.9 Å². The van der Waals surface area contributed by atoms with Crippen LogP contribution in [0.5, 0.6) is 0 Å². The Morgan fingerprint density at radius 1 is 1.17 bits per heavy atom. The van der Waals surface area contributed by atoms with Gasteiger partial charge in [-0.15, -0.1) is 11.6 Å². The SMILES string of the molecule is C=Cc1nc(-c2ccc(F)cc2)c(C(C)=O)n1C=C(C)C1C=C(C(=O)NC2(c3ccccn3)CC2)C(OC)=CC1Cl. The third-order valence-corrected chi connectivity index (χ3v) is 7.82. The van der Waals surface area contributed by atoms with E-state index in [-0.39, 0.29) is 17.5 Å². The summed E-state index contributed by atoms with van der Waals surface area (Å²) in [4.78, 5) is 35.5. The van der Waals surface area contributed by atoms with Gasteiger partial charge in [0.15, 0.2) is 5.78 Å². The molecule has 1 N–H and O–H groups in total. The van der Waals surface area contributed by atoms with Crippen LogP contribution in [0.15, 0.2) is 84.3 Å². The number of hydrogen-bond acceptors (Lipinski definition) is 5. The van der Waals surface area contributed by atoms with E-state index in [2.05, 4.69) is 21.9 Å². The number of imidazole rings is 1. The summed E-state index contributed by atoms with van der Waals surface area (Å²) in [6.45, 7) is 7.19. The normalized spacial score (nSPS) is 19.6. The number of methoxy groups -OCH3 is 1. The van der Waals surface area contributed by atoms with Gasteiger partial charge in [-0.1, -0.05) is 18.7 Å². The molecule has 2 aromatic heterocycles. The van der Waals surface area contributed by atoms with Gasteiger partial charge in [-0.05, 0) is 73.9 Å². The summed E-state index contributed by atoms with van der Waals surface area (Å²) < 4.78 is 20.8. The molecule has 41 heavy (non-hydrogen) atoms. The number of rotatable bonds is 9. The van der Waals surface area contributed by atoms with E-state index < -0.39 is 16.8 Å². The summed E-state index contributed by atoms with van der Waals surface area (Å²) in [6, 6.07) is 11.5. The average molecular weight is 573 g/mol. The number of benzene rings is 1. The molecular weight excluding hydrogens is 543 g/mol. The molecule has 1 fully saturated rings. The lowest BCUT2D eigenvalue weighted by Crippen LogP contribution is -2.38. The van der Waals surface area contributed by atoms with E-state index in [9.17, 15) is 14.0 Å². The Labute approximate surface area is 243 Å². The first-order valence-corrected chi connectivity index (χ1v) is 13.7. The van der Waals surface area contributed by atoms with Crippen molar-refractivity contribution >= 4 is 35.6 Å². The van der Waals surface area contributed by atoms with Crippen molar-refractivity contribution in [3.05, 3.63) is 107 Å². The number of amides is 1. The number of nitrogens with zero attached hydrogens (tertiary/aromatic N) is 3. The summed E-state index contributed by atoms with van der Waals surface area (Å²) in [7, 11) is 1.50. The number of Topliss-reactive ketones (excluding diaryl/α,β-unsaturated/α-hetero) is 1. The van der Waals surface area contributed by atoms with Crippen LogP contribution in [0.4, 0.5) is 4.39 Å². The van der Waals surface area contributed by atoms with Crippen molar-refractivity contribution in [2.45, 2.75) is 37.6 Å². The molecule has 0 saturated heterocycles. The Kier molecular flexibility index (Phi) is 7.78. The number of ether oxygens (including phenoxy) is 1.